The number of amides is 1. The maximum absolute atomic E-state index is 12.2. The third kappa shape index (κ3) is 3.37. The monoisotopic (exact) mass is 294 g/mol. The summed E-state index contributed by atoms with van der Waals surface area (Å²) in [5.74, 6) is 0.357. The van der Waals surface area contributed by atoms with Gasteiger partial charge in [0.2, 0.25) is 6.41 Å². The van der Waals surface area contributed by atoms with Crippen LogP contribution in [0.5, 0.6) is 0 Å². The molecule has 5 heteroatoms. The van der Waals surface area contributed by atoms with Gasteiger partial charge in [-0.2, -0.15) is 0 Å². The van der Waals surface area contributed by atoms with E-state index in [0.29, 0.717) is 16.5 Å². The third-order valence-corrected chi connectivity index (χ3v) is 4.44. The minimum Gasteiger partial charge on any atom is -0.335 e. The maximum atomic E-state index is 12.2. The van der Waals surface area contributed by atoms with Crippen molar-refractivity contribution in [3.63, 3.8) is 0 Å². The van der Waals surface area contributed by atoms with Gasteiger partial charge in [-0.1, -0.05) is 24.4 Å². The average Bonchev–Trinajstić information content (AvgIpc) is 2.98. The quantitative estimate of drug-likeness (QED) is 0.599. The Hall–Kier alpha value is -1.42. The molecule has 2 rings (SSSR count). The van der Waals surface area contributed by atoms with E-state index >= 15 is 0 Å². The van der Waals surface area contributed by atoms with Crippen LogP contribution in [0.4, 0.5) is 0 Å². The first-order chi connectivity index (χ1) is 9.63. The van der Waals surface area contributed by atoms with Crippen molar-refractivity contribution in [1.82, 2.24) is 9.88 Å². The lowest BCUT2D eigenvalue weighted by molar-refractivity contribution is -0.120. The number of halogens is 1. The first-order valence-electron chi connectivity index (χ1n) is 6.97. The molecule has 1 aromatic heterocycles. The van der Waals surface area contributed by atoms with Crippen molar-refractivity contribution >= 4 is 23.8 Å². The first-order valence-corrected chi connectivity index (χ1v) is 7.35. The zero-order valence-corrected chi connectivity index (χ0v) is 12.3. The molecule has 1 aliphatic carbocycles. The molecule has 108 valence electrons. The van der Waals surface area contributed by atoms with Crippen LogP contribution in [0.1, 0.15) is 43.0 Å². The minimum absolute atomic E-state index is 0.0743. The normalized spacial score (nSPS) is 16.9. The van der Waals surface area contributed by atoms with E-state index in [1.807, 2.05) is 6.92 Å². The van der Waals surface area contributed by atoms with E-state index in [9.17, 15) is 9.59 Å². The molecule has 1 aliphatic rings. The summed E-state index contributed by atoms with van der Waals surface area (Å²) < 4.78 is 0. The molecule has 1 fully saturated rings. The summed E-state index contributed by atoms with van der Waals surface area (Å²) in [7, 11) is 0. The summed E-state index contributed by atoms with van der Waals surface area (Å²) in [5.41, 5.74) is 0.423. The minimum atomic E-state index is -0.144. The predicted molar refractivity (Wildman–Crippen MR) is 77.8 cm³/mol. The van der Waals surface area contributed by atoms with Gasteiger partial charge in [-0.25, -0.2) is 0 Å². The fraction of sp³-hybridized carbons (Fsp3) is 0.533. The molecule has 1 amide bonds. The highest BCUT2D eigenvalue weighted by molar-refractivity contribution is 6.33. The summed E-state index contributed by atoms with van der Waals surface area (Å²) in [6.07, 6.45) is 8.45. The van der Waals surface area contributed by atoms with E-state index in [1.54, 1.807) is 11.0 Å². The van der Waals surface area contributed by atoms with E-state index in [0.717, 1.165) is 19.3 Å². The molecule has 0 saturated heterocycles. The van der Waals surface area contributed by atoms with Gasteiger partial charge in [-0.15, -0.1) is 0 Å². The second-order valence-electron chi connectivity index (χ2n) is 5.34. The van der Waals surface area contributed by atoms with Crippen LogP contribution in [-0.4, -0.2) is 34.7 Å². The number of carbonyl (C=O) groups excluding carboxylic acids is 2. The van der Waals surface area contributed by atoms with Gasteiger partial charge in [-0.3, -0.25) is 14.6 Å². The van der Waals surface area contributed by atoms with E-state index in [2.05, 4.69) is 4.98 Å². The van der Waals surface area contributed by atoms with Crippen molar-refractivity contribution in [1.29, 1.82) is 0 Å². The molecular formula is C15H19ClN2O2. The average molecular weight is 295 g/mol. The van der Waals surface area contributed by atoms with Gasteiger partial charge in [0.25, 0.3) is 0 Å². The van der Waals surface area contributed by atoms with Gasteiger partial charge in [-0.05, 0) is 31.7 Å². The molecule has 1 saturated carbocycles. The zero-order chi connectivity index (χ0) is 14.5. The summed E-state index contributed by atoms with van der Waals surface area (Å²) >= 11 is 5.96. The Kier molecular flexibility index (Phi) is 5.12. The van der Waals surface area contributed by atoms with Gasteiger partial charge >= 0.3 is 0 Å². The topological polar surface area (TPSA) is 50.3 Å². The lowest BCUT2D eigenvalue weighted by Crippen LogP contribution is -2.40. The van der Waals surface area contributed by atoms with E-state index in [1.165, 1.54) is 25.2 Å². The first kappa shape index (κ1) is 15.0. The largest absolute Gasteiger partial charge is 0.335 e. The lowest BCUT2D eigenvalue weighted by atomic mass is 9.98. The van der Waals surface area contributed by atoms with Crippen molar-refractivity contribution < 1.29 is 9.59 Å². The van der Waals surface area contributed by atoms with Crippen molar-refractivity contribution in [3.05, 3.63) is 29.0 Å². The molecule has 4 nitrogen and oxygen atoms in total. The van der Waals surface area contributed by atoms with Crippen LogP contribution < -0.4 is 0 Å². The van der Waals surface area contributed by atoms with E-state index in [-0.39, 0.29) is 18.4 Å². The van der Waals surface area contributed by atoms with Gasteiger partial charge < -0.3 is 4.90 Å². The van der Waals surface area contributed by atoms with E-state index < -0.39 is 0 Å². The van der Waals surface area contributed by atoms with E-state index in [4.69, 9.17) is 11.6 Å². The van der Waals surface area contributed by atoms with Gasteiger partial charge in [0.05, 0.1) is 11.6 Å². The van der Waals surface area contributed by atoms with Gasteiger partial charge in [0.1, 0.15) is 0 Å². The standard InChI is InChI=1S/C15H19ClN2O2/c1-11(12-4-2-3-5-12)18(10-19)9-15(20)13-6-7-17-8-14(13)16/h6-8,10-12H,2-5,9H2,1H3. The highest BCUT2D eigenvalue weighted by Gasteiger charge is 2.27. The number of ketones is 1. The Balaban J connectivity index is 2.04. The molecular weight excluding hydrogens is 276 g/mol. The molecule has 1 heterocycles. The second-order valence-corrected chi connectivity index (χ2v) is 5.75. The molecule has 1 aromatic rings. The molecule has 1 unspecified atom stereocenters. The smallest absolute Gasteiger partial charge is 0.210 e. The van der Waals surface area contributed by atoms with Crippen molar-refractivity contribution in [2.24, 2.45) is 5.92 Å². The number of carbonyl (C=O) groups is 2. The number of pyridine rings is 1. The van der Waals surface area contributed by atoms with Crippen LogP contribution in [0.3, 0.4) is 0 Å². The Morgan fingerprint density at radius 2 is 2.25 bits per heavy atom. The number of hydrogen-bond acceptors (Lipinski definition) is 3. The fourth-order valence-electron chi connectivity index (χ4n) is 2.84. The number of rotatable bonds is 6. The van der Waals surface area contributed by atoms with Crippen LogP contribution in [0.15, 0.2) is 18.5 Å². The number of hydrogen-bond donors (Lipinski definition) is 0. The van der Waals surface area contributed by atoms with Crippen LogP contribution in [0.25, 0.3) is 0 Å². The van der Waals surface area contributed by atoms with Crippen molar-refractivity contribution in [2.45, 2.75) is 38.6 Å². The van der Waals surface area contributed by atoms with Crippen LogP contribution >= 0.6 is 11.6 Å². The SMILES string of the molecule is CC(C1CCCC1)N(C=O)CC(=O)c1ccncc1Cl. The molecule has 1 atom stereocenters. The Morgan fingerprint density at radius 3 is 2.85 bits per heavy atom. The summed E-state index contributed by atoms with van der Waals surface area (Å²) in [5, 5.41) is 0.330. The molecule has 0 aliphatic heterocycles. The Bertz CT molecular complexity index is 487. The molecule has 20 heavy (non-hydrogen) atoms. The summed E-state index contributed by atoms with van der Waals surface area (Å²) in [6.45, 7) is 2.09. The van der Waals surface area contributed by atoms with Crippen LogP contribution in [0.2, 0.25) is 5.02 Å². The molecule has 0 aromatic carbocycles. The van der Waals surface area contributed by atoms with Crippen LogP contribution in [-0.2, 0) is 4.79 Å². The second kappa shape index (κ2) is 6.84. The molecule has 0 N–H and O–H groups in total. The van der Waals surface area contributed by atoms with Gasteiger partial charge in [0.15, 0.2) is 5.78 Å². The lowest BCUT2D eigenvalue weighted by Gasteiger charge is -2.29. The number of Topliss-reactive ketones (excluding diaryl/α,β-unsaturated/α-hetero) is 1. The van der Waals surface area contributed by atoms with Gasteiger partial charge in [0, 0.05) is 24.0 Å². The molecule has 0 radical (unpaired) electrons. The highest BCUT2D eigenvalue weighted by Crippen LogP contribution is 2.29. The Morgan fingerprint density at radius 1 is 1.55 bits per heavy atom. The third-order valence-electron chi connectivity index (χ3n) is 4.14. The molecule has 0 spiro atoms. The highest BCUT2D eigenvalue weighted by atomic mass is 35.5. The molecule has 0 bridgehead atoms. The zero-order valence-electron chi connectivity index (χ0n) is 11.6. The Labute approximate surface area is 124 Å². The summed E-state index contributed by atoms with van der Waals surface area (Å²) in [6, 6.07) is 1.69. The summed E-state index contributed by atoms with van der Waals surface area (Å²) in [4.78, 5) is 29.0. The van der Waals surface area contributed by atoms with Crippen LogP contribution in [0, 0.1) is 5.92 Å². The van der Waals surface area contributed by atoms with Crippen molar-refractivity contribution in [2.75, 3.05) is 6.54 Å². The maximum Gasteiger partial charge on any atom is 0.210 e. The van der Waals surface area contributed by atoms with Crippen molar-refractivity contribution in [3.8, 4) is 0 Å². The number of aromatic nitrogens is 1. The predicted octanol–water partition coefficient (Wildman–Crippen LogP) is 2.95. The fourth-order valence-corrected chi connectivity index (χ4v) is 3.06. The number of nitrogens with zero attached hydrogens (tertiary/aromatic N) is 2.